The molecule has 5 rings (SSSR count). The van der Waals surface area contributed by atoms with Crippen LogP contribution in [0, 0.1) is 0 Å². The van der Waals surface area contributed by atoms with E-state index in [0.717, 1.165) is 30.8 Å². The molecule has 0 amide bonds. The molecule has 0 atom stereocenters. The minimum atomic E-state index is -0.312. The first kappa shape index (κ1) is 18.7. The van der Waals surface area contributed by atoms with Gasteiger partial charge in [-0.2, -0.15) is 0 Å². The Morgan fingerprint density at radius 2 is 1.33 bits per heavy atom. The van der Waals surface area contributed by atoms with Crippen molar-refractivity contribution in [1.82, 2.24) is 0 Å². The lowest BCUT2D eigenvalue weighted by Gasteiger charge is -2.44. The molecule has 0 bridgehead atoms. The number of fused-ring (bicyclic) bond motifs is 1. The lowest BCUT2D eigenvalue weighted by Crippen LogP contribution is -2.37. The lowest BCUT2D eigenvalue weighted by molar-refractivity contribution is 0.414. The lowest BCUT2D eigenvalue weighted by atomic mass is 9.58. The fourth-order valence-electron chi connectivity index (χ4n) is 5.22. The van der Waals surface area contributed by atoms with Gasteiger partial charge in [-0.15, -0.1) is 0 Å². The molecule has 0 unspecified atom stereocenters. The highest BCUT2D eigenvalue weighted by Gasteiger charge is 2.44. The molecule has 0 spiro atoms. The first-order valence-corrected chi connectivity index (χ1v) is 10.5. The molecule has 30 heavy (non-hydrogen) atoms. The Morgan fingerprint density at radius 3 is 1.93 bits per heavy atom. The van der Waals surface area contributed by atoms with Gasteiger partial charge in [0, 0.05) is 0 Å². The summed E-state index contributed by atoms with van der Waals surface area (Å²) in [4.78, 5) is 0. The van der Waals surface area contributed by atoms with Crippen molar-refractivity contribution < 1.29 is 9.47 Å². The van der Waals surface area contributed by atoms with Crippen LogP contribution in [0.5, 0.6) is 11.5 Å². The molecule has 0 heterocycles. The predicted molar refractivity (Wildman–Crippen MR) is 121 cm³/mol. The van der Waals surface area contributed by atoms with Crippen molar-refractivity contribution in [2.45, 2.75) is 24.7 Å². The van der Waals surface area contributed by atoms with E-state index in [-0.39, 0.29) is 5.41 Å². The van der Waals surface area contributed by atoms with E-state index in [9.17, 15) is 0 Å². The number of methoxy groups -OCH3 is 2. The van der Waals surface area contributed by atoms with Gasteiger partial charge in [0.25, 0.3) is 0 Å². The second-order valence-electron chi connectivity index (χ2n) is 7.99. The maximum absolute atomic E-state index is 5.46. The average molecular weight is 395 g/mol. The number of hydrogen-bond donors (Lipinski definition) is 0. The number of allylic oxidation sites excluding steroid dienone is 4. The summed E-state index contributed by atoms with van der Waals surface area (Å²) >= 11 is 0. The molecule has 0 aromatic heterocycles. The summed E-state index contributed by atoms with van der Waals surface area (Å²) in [6, 6.07) is 26.2. The van der Waals surface area contributed by atoms with E-state index in [1.165, 1.54) is 33.4 Å². The molecular weight excluding hydrogens is 368 g/mol. The molecule has 0 N–H and O–H groups in total. The topological polar surface area (TPSA) is 18.5 Å². The monoisotopic (exact) mass is 394 g/mol. The zero-order chi connectivity index (χ0) is 20.6. The van der Waals surface area contributed by atoms with Crippen molar-refractivity contribution in [2.75, 3.05) is 14.2 Å². The number of benzene rings is 3. The third-order valence-electron chi connectivity index (χ3n) is 6.57. The smallest absolute Gasteiger partial charge is 0.118 e. The van der Waals surface area contributed by atoms with Gasteiger partial charge in [-0.25, -0.2) is 0 Å². The summed E-state index contributed by atoms with van der Waals surface area (Å²) in [5, 5.41) is 0. The van der Waals surface area contributed by atoms with E-state index < -0.39 is 0 Å². The molecule has 2 aliphatic rings. The standard InChI is InChI=1S/C28H26O2/c1-29-24-15-11-22(12-16-24)28(23-13-17-25(30-2)18-14-23)26-9-5-3-7-20(26)19-21-8-4-6-10-27(21)28/h3-5,7-9,11-18H,6,10,19H2,1-2H3. The van der Waals surface area contributed by atoms with E-state index >= 15 is 0 Å². The van der Waals surface area contributed by atoms with Crippen LogP contribution < -0.4 is 9.47 Å². The zero-order valence-corrected chi connectivity index (χ0v) is 17.5. The van der Waals surface area contributed by atoms with Gasteiger partial charge in [0.1, 0.15) is 11.5 Å². The Morgan fingerprint density at radius 1 is 0.733 bits per heavy atom. The van der Waals surface area contributed by atoms with Crippen LogP contribution in [0.1, 0.15) is 35.1 Å². The molecule has 2 nitrogen and oxygen atoms in total. The Labute approximate surface area is 178 Å². The third kappa shape index (κ3) is 2.79. The summed E-state index contributed by atoms with van der Waals surface area (Å²) in [6.07, 6.45) is 7.81. The molecule has 2 heteroatoms. The van der Waals surface area contributed by atoms with Gasteiger partial charge in [0.05, 0.1) is 19.6 Å². The quantitative estimate of drug-likeness (QED) is 0.521. The van der Waals surface area contributed by atoms with Crippen LogP contribution >= 0.6 is 0 Å². The first-order chi connectivity index (χ1) is 14.8. The van der Waals surface area contributed by atoms with Crippen molar-refractivity contribution >= 4 is 0 Å². The van der Waals surface area contributed by atoms with Gasteiger partial charge in [-0.3, -0.25) is 0 Å². The second kappa shape index (κ2) is 7.53. The number of rotatable bonds is 4. The maximum Gasteiger partial charge on any atom is 0.118 e. The number of ether oxygens (including phenoxy) is 2. The van der Waals surface area contributed by atoms with E-state index in [4.69, 9.17) is 9.47 Å². The van der Waals surface area contributed by atoms with Crippen LogP contribution in [0.2, 0.25) is 0 Å². The van der Waals surface area contributed by atoms with E-state index in [1.807, 2.05) is 0 Å². The normalized spacial score (nSPS) is 16.6. The summed E-state index contributed by atoms with van der Waals surface area (Å²) < 4.78 is 10.9. The minimum absolute atomic E-state index is 0.312. The van der Waals surface area contributed by atoms with Gasteiger partial charge in [0.15, 0.2) is 0 Å². The highest BCUT2D eigenvalue weighted by Crippen LogP contribution is 2.53. The molecule has 0 radical (unpaired) electrons. The molecule has 3 aromatic rings. The van der Waals surface area contributed by atoms with Crippen molar-refractivity contribution in [3.05, 3.63) is 118 Å². The summed E-state index contributed by atoms with van der Waals surface area (Å²) in [5.74, 6) is 1.76. The van der Waals surface area contributed by atoms with E-state index in [1.54, 1.807) is 14.2 Å². The van der Waals surface area contributed by atoms with Gasteiger partial charge in [-0.1, -0.05) is 60.7 Å². The van der Waals surface area contributed by atoms with E-state index in [2.05, 4.69) is 84.9 Å². The minimum Gasteiger partial charge on any atom is -0.497 e. The summed E-state index contributed by atoms with van der Waals surface area (Å²) in [5.41, 5.74) is 7.99. The largest absolute Gasteiger partial charge is 0.497 e. The Hall–Kier alpha value is -3.26. The molecule has 150 valence electrons. The highest BCUT2D eigenvalue weighted by molar-refractivity contribution is 5.66. The van der Waals surface area contributed by atoms with Crippen molar-refractivity contribution in [2.24, 2.45) is 0 Å². The molecule has 0 aliphatic heterocycles. The molecule has 0 fully saturated rings. The van der Waals surface area contributed by atoms with Crippen LogP contribution in [0.15, 0.2) is 96.1 Å². The highest BCUT2D eigenvalue weighted by atomic mass is 16.5. The molecule has 3 aromatic carbocycles. The SMILES string of the molecule is COc1ccc(C2(c3ccc(OC)cc3)C3=C(C=CCC3)Cc3ccccc32)cc1. The van der Waals surface area contributed by atoms with Crippen molar-refractivity contribution in [3.63, 3.8) is 0 Å². The van der Waals surface area contributed by atoms with Crippen molar-refractivity contribution in [3.8, 4) is 11.5 Å². The summed E-state index contributed by atoms with van der Waals surface area (Å²) in [6.45, 7) is 0. The number of hydrogen-bond acceptors (Lipinski definition) is 2. The van der Waals surface area contributed by atoms with Crippen LogP contribution in [-0.2, 0) is 11.8 Å². The Balaban J connectivity index is 1.86. The fourth-order valence-corrected chi connectivity index (χ4v) is 5.22. The van der Waals surface area contributed by atoms with Crippen molar-refractivity contribution in [1.29, 1.82) is 0 Å². The van der Waals surface area contributed by atoms with Crippen LogP contribution in [-0.4, -0.2) is 14.2 Å². The average Bonchev–Trinajstić information content (AvgIpc) is 2.83. The molecular formula is C28H26O2. The molecule has 0 saturated heterocycles. The third-order valence-corrected chi connectivity index (χ3v) is 6.57. The predicted octanol–water partition coefficient (Wildman–Crippen LogP) is 6.24. The Kier molecular flexibility index (Phi) is 4.71. The van der Waals surface area contributed by atoms with Gasteiger partial charge < -0.3 is 9.47 Å². The van der Waals surface area contributed by atoms with Gasteiger partial charge in [-0.05, 0) is 76.9 Å². The van der Waals surface area contributed by atoms with Crippen LogP contribution in [0.4, 0.5) is 0 Å². The summed E-state index contributed by atoms with van der Waals surface area (Å²) in [7, 11) is 3.44. The van der Waals surface area contributed by atoms with Gasteiger partial charge in [0.2, 0.25) is 0 Å². The first-order valence-electron chi connectivity index (χ1n) is 10.5. The zero-order valence-electron chi connectivity index (χ0n) is 17.5. The second-order valence-corrected chi connectivity index (χ2v) is 7.99. The Bertz CT molecular complexity index is 1070. The van der Waals surface area contributed by atoms with Crippen LogP contribution in [0.25, 0.3) is 0 Å². The fraction of sp³-hybridized carbons (Fsp3) is 0.214. The van der Waals surface area contributed by atoms with Crippen LogP contribution in [0.3, 0.4) is 0 Å². The molecule has 0 saturated carbocycles. The van der Waals surface area contributed by atoms with Gasteiger partial charge >= 0.3 is 0 Å². The maximum atomic E-state index is 5.46. The van der Waals surface area contributed by atoms with E-state index in [0.29, 0.717) is 0 Å². The molecule has 2 aliphatic carbocycles.